The number of nitro benzene ring substituents is 1. The van der Waals surface area contributed by atoms with Gasteiger partial charge in [-0.25, -0.2) is 15.2 Å². The molecule has 0 radical (unpaired) electrons. The molecule has 15 heteroatoms. The smallest absolute Gasteiger partial charge is 0.407 e. The number of carbonyl (C=O) groups excluding carboxylic acids is 3. The first-order chi connectivity index (χ1) is 23.2. The molecule has 0 fully saturated rings. The topological polar surface area (TPSA) is 165 Å². The Bertz CT molecular complexity index is 2010. The number of aromatic nitrogens is 1. The molecular weight excluding hydrogens is 676 g/mol. The first kappa shape index (κ1) is 34.0. The predicted octanol–water partition coefficient (Wildman–Crippen LogP) is 7.59. The fourth-order valence-corrected chi connectivity index (χ4v) is 6.84. The number of nitro groups is 1. The van der Waals surface area contributed by atoms with Crippen molar-refractivity contribution in [3.05, 3.63) is 123 Å². The molecule has 1 aromatic heterocycles. The van der Waals surface area contributed by atoms with Gasteiger partial charge in [0.25, 0.3) is 11.6 Å². The molecule has 244 valence electrons. The van der Waals surface area contributed by atoms with E-state index in [9.17, 15) is 24.5 Å². The zero-order chi connectivity index (χ0) is 34.0. The highest BCUT2D eigenvalue weighted by Crippen LogP contribution is 2.39. The number of anilines is 1. The number of halogens is 1. The Balaban J connectivity index is 1.24. The lowest BCUT2D eigenvalue weighted by Gasteiger charge is -2.18. The first-order valence-electron chi connectivity index (χ1n) is 14.4. The van der Waals surface area contributed by atoms with Crippen LogP contribution in [0.2, 0.25) is 5.02 Å². The maximum Gasteiger partial charge on any atom is 0.407 e. The second kappa shape index (κ2) is 16.0. The number of carbonyl (C=O) groups is 3. The SMILES string of the molecule is CCOC(=O)N[C@@H](CC(=O)N/N=C\c1ccc(Sc2nc3ccc(NC(=O)c4ccccc4Cl)cc3s2)c([N+](=O)[O-])c1)c1ccccc1. The van der Waals surface area contributed by atoms with E-state index < -0.39 is 23.0 Å². The molecule has 5 aromatic rings. The summed E-state index contributed by atoms with van der Waals surface area (Å²) in [6.07, 6.45) is 0.528. The van der Waals surface area contributed by atoms with Crippen LogP contribution in [0, 0.1) is 10.1 Å². The summed E-state index contributed by atoms with van der Waals surface area (Å²) in [7, 11) is 0. The van der Waals surface area contributed by atoms with E-state index in [-0.39, 0.29) is 24.6 Å². The minimum absolute atomic E-state index is 0.118. The van der Waals surface area contributed by atoms with Crippen molar-refractivity contribution in [1.82, 2.24) is 15.7 Å². The molecule has 0 bridgehead atoms. The maximum atomic E-state index is 12.7. The van der Waals surface area contributed by atoms with Crippen LogP contribution in [0.25, 0.3) is 10.2 Å². The predicted molar refractivity (Wildman–Crippen MR) is 186 cm³/mol. The van der Waals surface area contributed by atoms with E-state index in [0.717, 1.165) is 16.5 Å². The number of hydrogen-bond donors (Lipinski definition) is 3. The van der Waals surface area contributed by atoms with Gasteiger partial charge in [-0.05, 0) is 48.9 Å². The molecule has 1 atom stereocenters. The number of rotatable bonds is 12. The van der Waals surface area contributed by atoms with Crippen LogP contribution in [0.5, 0.6) is 0 Å². The van der Waals surface area contributed by atoms with Crippen LogP contribution in [0.4, 0.5) is 16.2 Å². The van der Waals surface area contributed by atoms with Crippen LogP contribution >= 0.6 is 34.7 Å². The molecule has 0 aliphatic rings. The number of benzene rings is 4. The quantitative estimate of drug-likeness (QED) is 0.0680. The number of hydrazone groups is 1. The monoisotopic (exact) mass is 702 g/mol. The largest absolute Gasteiger partial charge is 0.450 e. The van der Waals surface area contributed by atoms with Gasteiger partial charge in [0.2, 0.25) is 5.91 Å². The molecule has 12 nitrogen and oxygen atoms in total. The van der Waals surface area contributed by atoms with Crippen molar-refractivity contribution in [2.45, 2.75) is 28.6 Å². The van der Waals surface area contributed by atoms with Gasteiger partial charge in [0, 0.05) is 17.3 Å². The Morgan fingerprint density at radius 2 is 1.83 bits per heavy atom. The van der Waals surface area contributed by atoms with Crippen LogP contribution in [0.15, 0.2) is 105 Å². The molecule has 0 saturated heterocycles. The summed E-state index contributed by atoms with van der Waals surface area (Å²) >= 11 is 8.61. The summed E-state index contributed by atoms with van der Waals surface area (Å²) in [5.74, 6) is -0.832. The number of amides is 3. The fourth-order valence-electron chi connectivity index (χ4n) is 4.47. The summed E-state index contributed by atoms with van der Waals surface area (Å²) in [6.45, 7) is 1.86. The molecule has 0 aliphatic carbocycles. The second-order valence-electron chi connectivity index (χ2n) is 10.0. The third-order valence-corrected chi connectivity index (χ3v) is 9.16. The molecule has 0 unspecified atom stereocenters. The zero-order valence-electron chi connectivity index (χ0n) is 25.2. The number of fused-ring (bicyclic) bond motifs is 1. The van der Waals surface area contributed by atoms with Gasteiger partial charge in [0.15, 0.2) is 4.34 Å². The van der Waals surface area contributed by atoms with Crippen molar-refractivity contribution in [3.63, 3.8) is 0 Å². The van der Waals surface area contributed by atoms with E-state index in [1.165, 1.54) is 23.6 Å². The molecule has 5 rings (SSSR count). The zero-order valence-corrected chi connectivity index (χ0v) is 27.6. The van der Waals surface area contributed by atoms with Gasteiger partial charge in [-0.1, -0.05) is 71.9 Å². The lowest BCUT2D eigenvalue weighted by Crippen LogP contribution is -2.33. The van der Waals surface area contributed by atoms with Crippen molar-refractivity contribution in [2.75, 3.05) is 11.9 Å². The van der Waals surface area contributed by atoms with E-state index >= 15 is 0 Å². The van der Waals surface area contributed by atoms with Gasteiger partial charge in [-0.2, -0.15) is 5.10 Å². The van der Waals surface area contributed by atoms with Gasteiger partial charge in [0.05, 0.1) is 55.9 Å². The molecule has 48 heavy (non-hydrogen) atoms. The molecule has 0 aliphatic heterocycles. The van der Waals surface area contributed by atoms with Gasteiger partial charge in [-0.15, -0.1) is 11.3 Å². The number of nitrogens with one attached hydrogen (secondary N) is 3. The van der Waals surface area contributed by atoms with E-state index in [1.54, 1.807) is 85.8 Å². The number of thiazole rings is 1. The summed E-state index contributed by atoms with van der Waals surface area (Å²) in [6, 6.07) is 24.9. The van der Waals surface area contributed by atoms with E-state index in [0.29, 0.717) is 42.2 Å². The average molecular weight is 703 g/mol. The fraction of sp³-hybridized carbons (Fsp3) is 0.121. The van der Waals surface area contributed by atoms with Crippen molar-refractivity contribution in [1.29, 1.82) is 0 Å². The Kier molecular flexibility index (Phi) is 11.3. The normalized spacial score (nSPS) is 11.6. The number of ether oxygens (including phenoxy) is 1. The summed E-state index contributed by atoms with van der Waals surface area (Å²) in [4.78, 5) is 53.8. The molecule has 1 heterocycles. The van der Waals surface area contributed by atoms with Gasteiger partial charge in [0.1, 0.15) is 0 Å². The lowest BCUT2D eigenvalue weighted by atomic mass is 10.0. The van der Waals surface area contributed by atoms with Crippen LogP contribution in [0.1, 0.15) is 40.9 Å². The summed E-state index contributed by atoms with van der Waals surface area (Å²) in [5, 5.41) is 21.8. The first-order valence-corrected chi connectivity index (χ1v) is 16.4. The Morgan fingerprint density at radius 1 is 1.06 bits per heavy atom. The van der Waals surface area contributed by atoms with Crippen LogP contribution in [0.3, 0.4) is 0 Å². The molecule has 0 spiro atoms. The van der Waals surface area contributed by atoms with Crippen molar-refractivity contribution in [2.24, 2.45) is 5.10 Å². The minimum atomic E-state index is -0.654. The lowest BCUT2D eigenvalue weighted by molar-refractivity contribution is -0.387. The Morgan fingerprint density at radius 3 is 2.58 bits per heavy atom. The Hall–Kier alpha value is -5.31. The number of nitrogens with zero attached hydrogens (tertiary/aromatic N) is 3. The Labute approximate surface area is 287 Å². The van der Waals surface area contributed by atoms with Crippen LogP contribution < -0.4 is 16.1 Å². The third-order valence-electron chi connectivity index (χ3n) is 6.68. The standard InChI is InChI=1S/C33H27ClN6O6S2/c1-2-46-32(43)37-26(21-8-4-3-5-9-21)18-30(41)39-35-19-20-12-15-28(27(16-20)40(44)45)47-33-38-25-14-13-22(17-29(25)48-33)36-31(42)23-10-6-7-11-24(23)34/h3-17,19,26H,2,18H2,1H3,(H,36,42)(H,37,43)(H,39,41)/b35-19-/t26-/m0/s1. The van der Waals surface area contributed by atoms with Crippen LogP contribution in [-0.4, -0.2) is 40.6 Å². The molecule has 3 N–H and O–H groups in total. The van der Waals surface area contributed by atoms with Gasteiger partial charge < -0.3 is 15.4 Å². The van der Waals surface area contributed by atoms with Gasteiger partial charge in [-0.3, -0.25) is 19.7 Å². The molecule has 3 amide bonds. The highest BCUT2D eigenvalue weighted by Gasteiger charge is 2.20. The van der Waals surface area contributed by atoms with E-state index in [2.05, 4.69) is 26.1 Å². The van der Waals surface area contributed by atoms with Crippen molar-refractivity contribution >= 4 is 80.4 Å². The number of hydrogen-bond acceptors (Lipinski definition) is 10. The van der Waals surface area contributed by atoms with E-state index in [4.69, 9.17) is 16.3 Å². The summed E-state index contributed by atoms with van der Waals surface area (Å²) < 4.78 is 6.30. The molecule has 0 saturated carbocycles. The van der Waals surface area contributed by atoms with Crippen molar-refractivity contribution in [3.8, 4) is 0 Å². The highest BCUT2D eigenvalue weighted by atomic mass is 35.5. The minimum Gasteiger partial charge on any atom is -0.450 e. The van der Waals surface area contributed by atoms with Crippen molar-refractivity contribution < 1.29 is 24.0 Å². The molecular formula is C33H27ClN6O6S2. The summed E-state index contributed by atoms with van der Waals surface area (Å²) in [5.41, 5.74) is 4.92. The van der Waals surface area contributed by atoms with E-state index in [1.807, 2.05) is 6.07 Å². The number of alkyl carbamates (subject to hydrolysis) is 1. The second-order valence-corrected chi connectivity index (χ2v) is 12.7. The molecule has 4 aromatic carbocycles. The highest BCUT2D eigenvalue weighted by molar-refractivity contribution is 8.01. The van der Waals surface area contributed by atoms with Crippen LogP contribution in [-0.2, 0) is 9.53 Å². The maximum absolute atomic E-state index is 12.7. The average Bonchev–Trinajstić information content (AvgIpc) is 3.47. The van der Waals surface area contributed by atoms with Gasteiger partial charge >= 0.3 is 6.09 Å². The third kappa shape index (κ3) is 8.94.